The molecule has 1 aliphatic rings. The third-order valence-electron chi connectivity index (χ3n) is 4.87. The van der Waals surface area contributed by atoms with Gasteiger partial charge < -0.3 is 30.0 Å². The number of ether oxygens (including phenoxy) is 1. The molecular weight excluding hydrogens is 402 g/mol. The molecule has 1 fully saturated rings. The highest BCUT2D eigenvalue weighted by atomic mass is 32.1. The van der Waals surface area contributed by atoms with E-state index in [2.05, 4.69) is 20.9 Å². The molecule has 0 radical (unpaired) electrons. The van der Waals surface area contributed by atoms with Crippen LogP contribution in [0.3, 0.4) is 0 Å². The highest BCUT2D eigenvalue weighted by Crippen LogP contribution is 2.20. The molecule has 0 aliphatic carbocycles. The first-order chi connectivity index (χ1) is 14.5. The summed E-state index contributed by atoms with van der Waals surface area (Å²) in [5.74, 6) is 2.42. The van der Waals surface area contributed by atoms with Gasteiger partial charge in [-0.2, -0.15) is 0 Å². The number of nitrogens with one attached hydrogen (secondary N) is 3. The van der Waals surface area contributed by atoms with Gasteiger partial charge in [0.25, 0.3) is 0 Å². The summed E-state index contributed by atoms with van der Waals surface area (Å²) < 4.78 is 10.7. The normalized spacial score (nSPS) is 16.5. The number of aromatic nitrogens is 1. The van der Waals surface area contributed by atoms with Crippen molar-refractivity contribution in [1.82, 2.24) is 15.2 Å². The second-order valence-electron chi connectivity index (χ2n) is 7.18. The Hall–Kier alpha value is -2.81. The molecule has 2 aromatic heterocycles. The number of pyridine rings is 1. The molecule has 0 aromatic carbocycles. The molecule has 3 N–H and O–H groups in total. The Bertz CT molecular complexity index is 857. The van der Waals surface area contributed by atoms with Gasteiger partial charge in [0.1, 0.15) is 17.3 Å². The van der Waals surface area contributed by atoms with Crippen molar-refractivity contribution in [2.75, 3.05) is 30.3 Å². The van der Waals surface area contributed by atoms with Crippen molar-refractivity contribution < 1.29 is 13.9 Å². The van der Waals surface area contributed by atoms with Crippen LogP contribution in [0.5, 0.6) is 0 Å². The van der Waals surface area contributed by atoms with E-state index in [0.29, 0.717) is 37.2 Å². The molecule has 1 amide bonds. The van der Waals surface area contributed by atoms with Crippen LogP contribution in [0.2, 0.25) is 0 Å². The second-order valence-corrected chi connectivity index (χ2v) is 7.59. The molecule has 3 rings (SSSR count). The molecular formula is C21H29N5O3S. The minimum atomic E-state index is -0.239. The Morgan fingerprint density at radius 1 is 1.33 bits per heavy atom. The maximum absolute atomic E-state index is 11.9. The van der Waals surface area contributed by atoms with Crippen LogP contribution in [-0.4, -0.2) is 46.8 Å². The number of carbonyl (C=O) groups is 1. The van der Waals surface area contributed by atoms with Crippen molar-refractivity contribution >= 4 is 34.9 Å². The molecule has 1 saturated heterocycles. The number of amides is 1. The number of thiocarbonyl (C=S) groups is 1. The molecule has 3 heterocycles. The first kappa shape index (κ1) is 21.9. The Kier molecular flexibility index (Phi) is 7.89. The fourth-order valence-corrected chi connectivity index (χ4v) is 3.66. The second kappa shape index (κ2) is 10.8. The van der Waals surface area contributed by atoms with Crippen molar-refractivity contribution in [1.29, 1.82) is 0 Å². The average molecular weight is 432 g/mol. The van der Waals surface area contributed by atoms with Crippen LogP contribution in [-0.2, 0) is 11.3 Å². The van der Waals surface area contributed by atoms with Gasteiger partial charge in [0.15, 0.2) is 5.11 Å². The zero-order chi connectivity index (χ0) is 21.3. The topological polar surface area (TPSA) is 91.7 Å². The van der Waals surface area contributed by atoms with Gasteiger partial charge in [0.05, 0.1) is 18.8 Å². The van der Waals surface area contributed by atoms with Crippen molar-refractivity contribution in [3.63, 3.8) is 0 Å². The third kappa shape index (κ3) is 6.35. The maximum atomic E-state index is 11.9. The minimum absolute atomic E-state index is 0.198. The number of hydrogen-bond donors (Lipinski definition) is 3. The van der Waals surface area contributed by atoms with Gasteiger partial charge >= 0.3 is 6.09 Å². The van der Waals surface area contributed by atoms with Crippen LogP contribution in [0, 0.1) is 6.92 Å². The van der Waals surface area contributed by atoms with E-state index >= 15 is 0 Å². The minimum Gasteiger partial charge on any atom is -0.465 e. The molecule has 9 heteroatoms. The Morgan fingerprint density at radius 3 is 2.97 bits per heavy atom. The van der Waals surface area contributed by atoms with Crippen LogP contribution in [0.15, 0.2) is 34.9 Å². The van der Waals surface area contributed by atoms with Crippen molar-refractivity contribution in [3.05, 3.63) is 42.0 Å². The summed E-state index contributed by atoms with van der Waals surface area (Å²) in [4.78, 5) is 18.1. The number of furan rings is 1. The van der Waals surface area contributed by atoms with E-state index in [1.165, 1.54) is 0 Å². The number of likely N-dealkylation sites (tertiary alicyclic amines) is 1. The predicted molar refractivity (Wildman–Crippen MR) is 121 cm³/mol. The summed E-state index contributed by atoms with van der Waals surface area (Å²) in [6.45, 7) is 6.03. The third-order valence-corrected chi connectivity index (χ3v) is 5.09. The van der Waals surface area contributed by atoms with Crippen LogP contribution in [0.25, 0.3) is 0 Å². The largest absolute Gasteiger partial charge is 0.465 e. The fourth-order valence-electron chi connectivity index (χ4n) is 3.38. The molecule has 1 aliphatic heterocycles. The monoisotopic (exact) mass is 431 g/mol. The van der Waals surface area contributed by atoms with E-state index in [-0.39, 0.29) is 12.1 Å². The summed E-state index contributed by atoms with van der Waals surface area (Å²) in [7, 11) is 0. The first-order valence-electron chi connectivity index (χ1n) is 10.3. The number of hydrogen-bond acceptors (Lipinski definition) is 6. The summed E-state index contributed by atoms with van der Waals surface area (Å²) in [6, 6.07) is 7.85. The Balaban J connectivity index is 1.51. The smallest absolute Gasteiger partial charge is 0.409 e. The van der Waals surface area contributed by atoms with E-state index in [0.717, 1.165) is 36.5 Å². The number of anilines is 2. The van der Waals surface area contributed by atoms with Gasteiger partial charge in [0.2, 0.25) is 0 Å². The molecule has 0 saturated carbocycles. The fraction of sp³-hybridized carbons (Fsp3) is 0.476. The quantitative estimate of drug-likeness (QED) is 0.594. The number of rotatable bonds is 6. The van der Waals surface area contributed by atoms with Gasteiger partial charge in [0, 0.05) is 25.3 Å². The lowest BCUT2D eigenvalue weighted by Crippen LogP contribution is -2.39. The highest BCUT2D eigenvalue weighted by molar-refractivity contribution is 7.80. The Morgan fingerprint density at radius 2 is 2.20 bits per heavy atom. The molecule has 1 atom stereocenters. The standard InChI is InChI=1S/C21H29N5O3S/c1-3-28-21(27)26-12-5-6-16(10-13-26)24-20(30)25-18-7-4-11-22-19(18)23-14-17-9-8-15(2)29-17/h4,7-9,11,16H,3,5-6,10,12-14H2,1-2H3,(H,22,23)(H2,24,25,30). The highest BCUT2D eigenvalue weighted by Gasteiger charge is 2.22. The van der Waals surface area contributed by atoms with Gasteiger partial charge in [-0.05, 0) is 69.6 Å². The average Bonchev–Trinajstić information content (AvgIpc) is 3.00. The van der Waals surface area contributed by atoms with Gasteiger partial charge in [-0.1, -0.05) is 0 Å². The van der Waals surface area contributed by atoms with Crippen molar-refractivity contribution in [2.24, 2.45) is 0 Å². The summed E-state index contributed by atoms with van der Waals surface area (Å²) in [5, 5.41) is 10.4. The lowest BCUT2D eigenvalue weighted by Gasteiger charge is -2.21. The van der Waals surface area contributed by atoms with Gasteiger partial charge in [-0.3, -0.25) is 0 Å². The predicted octanol–water partition coefficient (Wildman–Crippen LogP) is 3.89. The summed E-state index contributed by atoms with van der Waals surface area (Å²) >= 11 is 5.52. The molecule has 0 spiro atoms. The maximum Gasteiger partial charge on any atom is 0.409 e. The van der Waals surface area contributed by atoms with Gasteiger partial charge in [-0.15, -0.1) is 0 Å². The molecule has 0 bridgehead atoms. The SMILES string of the molecule is CCOC(=O)N1CCCC(NC(=S)Nc2cccnc2NCc2ccc(C)o2)CC1. The van der Waals surface area contributed by atoms with E-state index in [1.807, 2.05) is 38.1 Å². The number of aryl methyl sites for hydroxylation is 1. The van der Waals surface area contributed by atoms with Gasteiger partial charge in [-0.25, -0.2) is 9.78 Å². The number of carbonyl (C=O) groups excluding carboxylic acids is 1. The van der Waals surface area contributed by atoms with E-state index in [1.54, 1.807) is 11.1 Å². The number of nitrogens with zero attached hydrogens (tertiary/aromatic N) is 2. The first-order valence-corrected chi connectivity index (χ1v) is 10.7. The van der Waals surface area contributed by atoms with Crippen molar-refractivity contribution in [3.8, 4) is 0 Å². The molecule has 8 nitrogen and oxygen atoms in total. The van der Waals surface area contributed by atoms with Crippen LogP contribution in [0.4, 0.5) is 16.3 Å². The molecule has 30 heavy (non-hydrogen) atoms. The van der Waals surface area contributed by atoms with Crippen LogP contribution in [0.1, 0.15) is 37.7 Å². The molecule has 162 valence electrons. The van der Waals surface area contributed by atoms with Crippen molar-refractivity contribution in [2.45, 2.75) is 45.7 Å². The lowest BCUT2D eigenvalue weighted by molar-refractivity contribution is 0.108. The zero-order valence-electron chi connectivity index (χ0n) is 17.4. The zero-order valence-corrected chi connectivity index (χ0v) is 18.3. The molecule has 1 unspecified atom stereocenters. The van der Waals surface area contributed by atoms with E-state index < -0.39 is 0 Å². The van der Waals surface area contributed by atoms with E-state index in [9.17, 15) is 4.79 Å². The molecule has 2 aromatic rings. The lowest BCUT2D eigenvalue weighted by atomic mass is 10.1. The van der Waals surface area contributed by atoms with Crippen LogP contribution >= 0.6 is 12.2 Å². The van der Waals surface area contributed by atoms with Crippen LogP contribution < -0.4 is 16.0 Å². The summed E-state index contributed by atoms with van der Waals surface area (Å²) in [5.41, 5.74) is 0.792. The Labute approximate surface area is 182 Å². The summed E-state index contributed by atoms with van der Waals surface area (Å²) in [6.07, 6.45) is 4.15. The van der Waals surface area contributed by atoms with E-state index in [4.69, 9.17) is 21.4 Å².